The third-order valence-corrected chi connectivity index (χ3v) is 3.19. The zero-order valence-corrected chi connectivity index (χ0v) is 10.8. The molecule has 96 valence electrons. The number of aryl methyl sites for hydroxylation is 2. The van der Waals surface area contributed by atoms with Gasteiger partial charge in [-0.3, -0.25) is 4.79 Å². The number of carboxylic acids is 1. The maximum absolute atomic E-state index is 10.6. The molecule has 0 atom stereocenters. The van der Waals surface area contributed by atoms with E-state index in [0.29, 0.717) is 23.4 Å². The molecule has 0 aliphatic heterocycles. The normalized spacial score (nSPS) is 10.8. The minimum Gasteiger partial charge on any atom is -0.481 e. The van der Waals surface area contributed by atoms with E-state index in [9.17, 15) is 4.79 Å². The van der Waals surface area contributed by atoms with Gasteiger partial charge in [-0.2, -0.15) is 4.98 Å². The van der Waals surface area contributed by atoms with Crippen molar-refractivity contribution in [2.45, 2.75) is 25.5 Å². The minimum absolute atomic E-state index is 0.0261. The fourth-order valence-corrected chi connectivity index (χ4v) is 2.16. The molecule has 2 rings (SSSR count). The second kappa shape index (κ2) is 5.21. The van der Waals surface area contributed by atoms with Gasteiger partial charge in [0.2, 0.25) is 5.89 Å². The standard InChI is InChI=1S/C10H12N4O3S/c1-6-3-11-10(18-5-9(15)16)14(6)4-8-12-7(2)17-13-8/h3H,4-5H2,1-2H3,(H,15,16). The molecule has 0 amide bonds. The quantitative estimate of drug-likeness (QED) is 0.811. The molecule has 0 fully saturated rings. The summed E-state index contributed by atoms with van der Waals surface area (Å²) < 4.78 is 6.75. The molecule has 0 aliphatic carbocycles. The van der Waals surface area contributed by atoms with Crippen molar-refractivity contribution in [3.8, 4) is 0 Å². The third-order valence-electron chi connectivity index (χ3n) is 2.21. The Morgan fingerprint density at radius 1 is 1.56 bits per heavy atom. The Labute approximate surface area is 107 Å². The highest BCUT2D eigenvalue weighted by Crippen LogP contribution is 2.19. The predicted molar refractivity (Wildman–Crippen MR) is 63.5 cm³/mol. The van der Waals surface area contributed by atoms with E-state index in [1.165, 1.54) is 11.8 Å². The van der Waals surface area contributed by atoms with Crippen molar-refractivity contribution in [2.24, 2.45) is 0 Å². The molecule has 2 heterocycles. The first-order chi connectivity index (χ1) is 8.56. The fraction of sp³-hybridized carbons (Fsp3) is 0.400. The van der Waals surface area contributed by atoms with Gasteiger partial charge in [0.05, 0.1) is 12.3 Å². The van der Waals surface area contributed by atoms with E-state index >= 15 is 0 Å². The monoisotopic (exact) mass is 268 g/mol. The SMILES string of the molecule is Cc1nc(Cn2c(C)cnc2SCC(=O)O)no1. The summed E-state index contributed by atoms with van der Waals surface area (Å²) in [7, 11) is 0. The number of rotatable bonds is 5. The summed E-state index contributed by atoms with van der Waals surface area (Å²) in [6.45, 7) is 4.03. The van der Waals surface area contributed by atoms with Gasteiger partial charge in [-0.05, 0) is 6.92 Å². The van der Waals surface area contributed by atoms with Crippen LogP contribution in [0, 0.1) is 13.8 Å². The van der Waals surface area contributed by atoms with Crippen molar-refractivity contribution in [2.75, 3.05) is 5.75 Å². The van der Waals surface area contributed by atoms with Gasteiger partial charge in [0, 0.05) is 18.8 Å². The second-order valence-corrected chi connectivity index (χ2v) is 4.62. The van der Waals surface area contributed by atoms with Crippen LogP contribution in [0.4, 0.5) is 0 Å². The number of nitrogens with zero attached hydrogens (tertiary/aromatic N) is 4. The third kappa shape index (κ3) is 2.89. The molecule has 2 aromatic rings. The van der Waals surface area contributed by atoms with Crippen LogP contribution in [0.2, 0.25) is 0 Å². The van der Waals surface area contributed by atoms with Crippen LogP contribution in [0.25, 0.3) is 0 Å². The van der Waals surface area contributed by atoms with Crippen LogP contribution in [-0.4, -0.2) is 36.5 Å². The van der Waals surface area contributed by atoms with Crippen LogP contribution < -0.4 is 0 Å². The van der Waals surface area contributed by atoms with Gasteiger partial charge in [-0.15, -0.1) is 0 Å². The molecule has 0 aromatic carbocycles. The Morgan fingerprint density at radius 3 is 2.94 bits per heavy atom. The van der Waals surface area contributed by atoms with Gasteiger partial charge in [0.1, 0.15) is 0 Å². The summed E-state index contributed by atoms with van der Waals surface area (Å²) in [6.07, 6.45) is 1.69. The molecule has 0 saturated carbocycles. The molecule has 0 saturated heterocycles. The van der Waals surface area contributed by atoms with E-state index in [1.54, 1.807) is 13.1 Å². The molecule has 0 bridgehead atoms. The number of aliphatic carboxylic acids is 1. The van der Waals surface area contributed by atoms with E-state index in [-0.39, 0.29) is 5.75 Å². The second-order valence-electron chi connectivity index (χ2n) is 3.68. The molecular weight excluding hydrogens is 256 g/mol. The lowest BCUT2D eigenvalue weighted by Crippen LogP contribution is -2.07. The molecule has 2 aromatic heterocycles. The first kappa shape index (κ1) is 12.6. The van der Waals surface area contributed by atoms with Crippen molar-refractivity contribution < 1.29 is 14.4 Å². The van der Waals surface area contributed by atoms with Gasteiger partial charge in [0.25, 0.3) is 0 Å². The molecule has 1 N–H and O–H groups in total. The van der Waals surface area contributed by atoms with Crippen LogP contribution in [0.1, 0.15) is 17.4 Å². The topological polar surface area (TPSA) is 94.0 Å². The smallest absolute Gasteiger partial charge is 0.313 e. The Balaban J connectivity index is 2.16. The van der Waals surface area contributed by atoms with Crippen LogP contribution >= 0.6 is 11.8 Å². The number of aromatic nitrogens is 4. The van der Waals surface area contributed by atoms with E-state index in [0.717, 1.165) is 5.69 Å². The molecule has 0 spiro atoms. The molecule has 18 heavy (non-hydrogen) atoms. The van der Waals surface area contributed by atoms with Gasteiger partial charge < -0.3 is 14.2 Å². The lowest BCUT2D eigenvalue weighted by molar-refractivity contribution is -0.133. The number of thioether (sulfide) groups is 1. The van der Waals surface area contributed by atoms with Crippen molar-refractivity contribution in [3.63, 3.8) is 0 Å². The molecule has 7 nitrogen and oxygen atoms in total. The largest absolute Gasteiger partial charge is 0.481 e. The highest BCUT2D eigenvalue weighted by molar-refractivity contribution is 7.99. The Hall–Kier alpha value is -1.83. The highest BCUT2D eigenvalue weighted by Gasteiger charge is 2.12. The lowest BCUT2D eigenvalue weighted by atomic mass is 10.5. The summed E-state index contributed by atoms with van der Waals surface area (Å²) in [5.74, 6) is 0.151. The maximum Gasteiger partial charge on any atom is 0.313 e. The molecule has 0 aliphatic rings. The zero-order chi connectivity index (χ0) is 13.1. The van der Waals surface area contributed by atoms with Crippen LogP contribution in [0.5, 0.6) is 0 Å². The average molecular weight is 268 g/mol. The van der Waals surface area contributed by atoms with Crippen LogP contribution in [0.3, 0.4) is 0 Å². The number of carbonyl (C=O) groups is 1. The fourth-order valence-electron chi connectivity index (χ4n) is 1.42. The van der Waals surface area contributed by atoms with Gasteiger partial charge in [-0.1, -0.05) is 16.9 Å². The first-order valence-electron chi connectivity index (χ1n) is 5.22. The lowest BCUT2D eigenvalue weighted by Gasteiger charge is -2.05. The van der Waals surface area contributed by atoms with E-state index < -0.39 is 5.97 Å². The summed E-state index contributed by atoms with van der Waals surface area (Å²) in [4.78, 5) is 18.8. The minimum atomic E-state index is -0.873. The van der Waals surface area contributed by atoms with E-state index in [2.05, 4.69) is 15.1 Å². The molecule has 8 heteroatoms. The van der Waals surface area contributed by atoms with E-state index in [1.807, 2.05) is 11.5 Å². The summed E-state index contributed by atoms with van der Waals surface area (Å²) in [5.41, 5.74) is 0.922. The van der Waals surface area contributed by atoms with E-state index in [4.69, 9.17) is 9.63 Å². The summed E-state index contributed by atoms with van der Waals surface area (Å²) in [5, 5.41) is 13.1. The molecule has 0 radical (unpaired) electrons. The van der Waals surface area contributed by atoms with Gasteiger partial charge in [0.15, 0.2) is 11.0 Å². The van der Waals surface area contributed by atoms with Crippen molar-refractivity contribution >= 4 is 17.7 Å². The van der Waals surface area contributed by atoms with Gasteiger partial charge >= 0.3 is 5.97 Å². The average Bonchev–Trinajstić information content (AvgIpc) is 2.85. The number of carboxylic acid groups (broad SMARTS) is 1. The Morgan fingerprint density at radius 2 is 2.33 bits per heavy atom. The Kier molecular flexibility index (Phi) is 3.66. The first-order valence-corrected chi connectivity index (χ1v) is 6.20. The number of imidazole rings is 1. The summed E-state index contributed by atoms with van der Waals surface area (Å²) in [6, 6.07) is 0. The van der Waals surface area contributed by atoms with Crippen molar-refractivity contribution in [3.05, 3.63) is 23.6 Å². The predicted octanol–water partition coefficient (Wildman–Crippen LogP) is 1.11. The maximum atomic E-state index is 10.6. The number of hydrogen-bond acceptors (Lipinski definition) is 6. The van der Waals surface area contributed by atoms with Crippen molar-refractivity contribution in [1.82, 2.24) is 19.7 Å². The zero-order valence-electron chi connectivity index (χ0n) is 9.95. The number of hydrogen-bond donors (Lipinski definition) is 1. The molecular formula is C10H12N4O3S. The highest BCUT2D eigenvalue weighted by atomic mass is 32.2. The Bertz CT molecular complexity index is 563. The molecule has 0 unspecified atom stereocenters. The summed E-state index contributed by atoms with van der Waals surface area (Å²) >= 11 is 1.17. The van der Waals surface area contributed by atoms with Gasteiger partial charge in [-0.25, -0.2) is 4.98 Å². The van der Waals surface area contributed by atoms with Crippen molar-refractivity contribution in [1.29, 1.82) is 0 Å². The van der Waals surface area contributed by atoms with Crippen LogP contribution in [0.15, 0.2) is 15.9 Å². The van der Waals surface area contributed by atoms with Crippen LogP contribution in [-0.2, 0) is 11.3 Å².